The van der Waals surface area contributed by atoms with Crippen molar-refractivity contribution in [1.29, 1.82) is 0 Å². The van der Waals surface area contributed by atoms with Crippen LogP contribution in [0.4, 0.5) is 0 Å². The predicted octanol–water partition coefficient (Wildman–Crippen LogP) is 0.337. The van der Waals surface area contributed by atoms with E-state index in [1.165, 1.54) is 7.11 Å². The molecule has 0 radical (unpaired) electrons. The molecule has 4 heteroatoms. The molecular formula is C10H22N2O2. The molecule has 84 valence electrons. The summed E-state index contributed by atoms with van der Waals surface area (Å²) in [6.45, 7) is 4.59. The number of nitrogens with one attached hydrogen (secondary N) is 1. The molecule has 0 saturated heterocycles. The summed E-state index contributed by atoms with van der Waals surface area (Å²) in [6, 6.07) is 0. The molecule has 1 atom stereocenters. The summed E-state index contributed by atoms with van der Waals surface area (Å²) in [5.41, 5.74) is 0. The Bertz CT molecular complexity index is 160. The molecule has 0 bridgehead atoms. The van der Waals surface area contributed by atoms with E-state index in [-0.39, 0.29) is 11.9 Å². The maximum Gasteiger partial charge on any atom is 0.309 e. The van der Waals surface area contributed by atoms with Gasteiger partial charge in [-0.15, -0.1) is 0 Å². The number of nitrogens with zero attached hydrogens (tertiary/aromatic N) is 1. The number of carbonyl (C=O) groups is 1. The van der Waals surface area contributed by atoms with Gasteiger partial charge in [0.25, 0.3) is 0 Å². The van der Waals surface area contributed by atoms with E-state index in [9.17, 15) is 4.79 Å². The molecule has 0 fully saturated rings. The molecule has 0 spiro atoms. The zero-order valence-electron chi connectivity index (χ0n) is 9.67. The number of hydrogen-bond donors (Lipinski definition) is 1. The fourth-order valence-electron chi connectivity index (χ4n) is 1.14. The molecular weight excluding hydrogens is 180 g/mol. The smallest absolute Gasteiger partial charge is 0.309 e. The van der Waals surface area contributed by atoms with Crippen LogP contribution >= 0.6 is 0 Å². The molecule has 0 aromatic carbocycles. The Morgan fingerprint density at radius 1 is 1.50 bits per heavy atom. The Hall–Kier alpha value is -0.610. The van der Waals surface area contributed by atoms with Crippen LogP contribution in [-0.4, -0.2) is 51.7 Å². The SMILES string of the molecule is CCC(CNCCN(C)C)C(=O)OC. The van der Waals surface area contributed by atoms with Gasteiger partial charge in [0.1, 0.15) is 0 Å². The van der Waals surface area contributed by atoms with Gasteiger partial charge in [-0.3, -0.25) is 4.79 Å². The third-order valence-corrected chi connectivity index (χ3v) is 2.15. The van der Waals surface area contributed by atoms with Crippen molar-refractivity contribution in [3.05, 3.63) is 0 Å². The van der Waals surface area contributed by atoms with Gasteiger partial charge in [-0.05, 0) is 20.5 Å². The van der Waals surface area contributed by atoms with Gasteiger partial charge in [0, 0.05) is 19.6 Å². The van der Waals surface area contributed by atoms with Gasteiger partial charge in [-0.1, -0.05) is 6.92 Å². The molecule has 0 heterocycles. The molecule has 0 aliphatic carbocycles. The van der Waals surface area contributed by atoms with Crippen molar-refractivity contribution >= 4 is 5.97 Å². The third kappa shape index (κ3) is 5.94. The van der Waals surface area contributed by atoms with Gasteiger partial charge in [-0.2, -0.15) is 0 Å². The number of hydrogen-bond acceptors (Lipinski definition) is 4. The summed E-state index contributed by atoms with van der Waals surface area (Å²) in [6.07, 6.45) is 0.821. The fraction of sp³-hybridized carbons (Fsp3) is 0.900. The van der Waals surface area contributed by atoms with Crippen LogP contribution in [0.2, 0.25) is 0 Å². The zero-order chi connectivity index (χ0) is 11.0. The number of likely N-dealkylation sites (N-methyl/N-ethyl adjacent to an activating group) is 1. The summed E-state index contributed by atoms with van der Waals surface area (Å²) in [5.74, 6) is -0.132. The lowest BCUT2D eigenvalue weighted by Crippen LogP contribution is -2.33. The first-order valence-corrected chi connectivity index (χ1v) is 5.05. The number of ether oxygens (including phenoxy) is 1. The lowest BCUT2D eigenvalue weighted by Gasteiger charge is -2.14. The molecule has 0 aliphatic rings. The normalized spacial score (nSPS) is 12.9. The van der Waals surface area contributed by atoms with Crippen molar-refractivity contribution in [2.45, 2.75) is 13.3 Å². The van der Waals surface area contributed by atoms with Gasteiger partial charge in [0.15, 0.2) is 0 Å². The first-order chi connectivity index (χ1) is 6.61. The Morgan fingerprint density at radius 2 is 2.14 bits per heavy atom. The second-order valence-corrected chi connectivity index (χ2v) is 3.64. The molecule has 0 aromatic rings. The summed E-state index contributed by atoms with van der Waals surface area (Å²) in [5, 5.41) is 3.24. The highest BCUT2D eigenvalue weighted by atomic mass is 16.5. The van der Waals surface area contributed by atoms with Gasteiger partial charge in [0.05, 0.1) is 13.0 Å². The van der Waals surface area contributed by atoms with Crippen LogP contribution in [0.3, 0.4) is 0 Å². The second-order valence-electron chi connectivity index (χ2n) is 3.64. The van der Waals surface area contributed by atoms with Crippen LogP contribution in [-0.2, 0) is 9.53 Å². The lowest BCUT2D eigenvalue weighted by molar-refractivity contribution is -0.145. The topological polar surface area (TPSA) is 41.6 Å². The average molecular weight is 202 g/mol. The van der Waals surface area contributed by atoms with Gasteiger partial charge >= 0.3 is 5.97 Å². The van der Waals surface area contributed by atoms with Gasteiger partial charge in [0.2, 0.25) is 0 Å². The lowest BCUT2D eigenvalue weighted by atomic mass is 10.1. The van der Waals surface area contributed by atoms with E-state index < -0.39 is 0 Å². The fourth-order valence-corrected chi connectivity index (χ4v) is 1.14. The molecule has 0 rings (SSSR count). The number of methoxy groups -OCH3 is 1. The summed E-state index contributed by atoms with van der Waals surface area (Å²) in [4.78, 5) is 13.3. The molecule has 0 amide bonds. The van der Waals surface area contributed by atoms with E-state index in [1.807, 2.05) is 21.0 Å². The summed E-state index contributed by atoms with van der Waals surface area (Å²) >= 11 is 0. The number of rotatable bonds is 7. The van der Waals surface area contributed by atoms with Crippen molar-refractivity contribution < 1.29 is 9.53 Å². The highest BCUT2D eigenvalue weighted by molar-refractivity contribution is 5.72. The van der Waals surface area contributed by atoms with Crippen LogP contribution in [0.5, 0.6) is 0 Å². The monoisotopic (exact) mass is 202 g/mol. The highest BCUT2D eigenvalue weighted by Crippen LogP contribution is 2.02. The second kappa shape index (κ2) is 7.76. The predicted molar refractivity (Wildman–Crippen MR) is 57.2 cm³/mol. The van der Waals surface area contributed by atoms with Gasteiger partial charge in [-0.25, -0.2) is 0 Å². The van der Waals surface area contributed by atoms with Crippen LogP contribution in [0.15, 0.2) is 0 Å². The highest BCUT2D eigenvalue weighted by Gasteiger charge is 2.15. The summed E-state index contributed by atoms with van der Waals surface area (Å²) < 4.78 is 4.69. The van der Waals surface area contributed by atoms with E-state index in [1.54, 1.807) is 0 Å². The molecule has 0 saturated carbocycles. The Balaban J connectivity index is 3.58. The van der Waals surface area contributed by atoms with E-state index in [0.717, 1.165) is 19.5 Å². The van der Waals surface area contributed by atoms with Crippen LogP contribution in [0, 0.1) is 5.92 Å². The first-order valence-electron chi connectivity index (χ1n) is 5.05. The van der Waals surface area contributed by atoms with E-state index >= 15 is 0 Å². The van der Waals surface area contributed by atoms with E-state index in [0.29, 0.717) is 6.54 Å². The minimum atomic E-state index is -0.121. The minimum Gasteiger partial charge on any atom is -0.469 e. The van der Waals surface area contributed by atoms with Crippen LogP contribution in [0.25, 0.3) is 0 Å². The molecule has 4 nitrogen and oxygen atoms in total. The molecule has 1 N–H and O–H groups in total. The number of carbonyl (C=O) groups excluding carboxylic acids is 1. The first kappa shape index (κ1) is 13.4. The van der Waals surface area contributed by atoms with Crippen LogP contribution in [0.1, 0.15) is 13.3 Å². The molecule has 14 heavy (non-hydrogen) atoms. The quantitative estimate of drug-likeness (QED) is 0.477. The zero-order valence-corrected chi connectivity index (χ0v) is 9.67. The molecule has 0 aromatic heterocycles. The van der Waals surface area contributed by atoms with E-state index in [2.05, 4.69) is 10.2 Å². The average Bonchev–Trinajstić information content (AvgIpc) is 2.16. The summed E-state index contributed by atoms with van der Waals surface area (Å²) in [7, 11) is 5.49. The van der Waals surface area contributed by atoms with Crippen molar-refractivity contribution in [1.82, 2.24) is 10.2 Å². The van der Waals surface area contributed by atoms with Crippen molar-refractivity contribution in [3.8, 4) is 0 Å². The molecule has 0 aliphatic heterocycles. The minimum absolute atomic E-state index is 0.0119. The number of esters is 1. The maximum absolute atomic E-state index is 11.2. The van der Waals surface area contributed by atoms with Crippen LogP contribution < -0.4 is 5.32 Å². The van der Waals surface area contributed by atoms with E-state index in [4.69, 9.17) is 4.74 Å². The molecule has 1 unspecified atom stereocenters. The van der Waals surface area contributed by atoms with Gasteiger partial charge < -0.3 is 15.0 Å². The van der Waals surface area contributed by atoms with Crippen molar-refractivity contribution in [3.63, 3.8) is 0 Å². The Morgan fingerprint density at radius 3 is 2.57 bits per heavy atom. The Labute approximate surface area is 86.6 Å². The van der Waals surface area contributed by atoms with Crippen molar-refractivity contribution in [2.24, 2.45) is 5.92 Å². The largest absolute Gasteiger partial charge is 0.469 e. The third-order valence-electron chi connectivity index (χ3n) is 2.15. The van der Waals surface area contributed by atoms with Crippen molar-refractivity contribution in [2.75, 3.05) is 40.8 Å². The Kier molecular flexibility index (Phi) is 7.42. The maximum atomic E-state index is 11.2. The standard InChI is InChI=1S/C10H22N2O2/c1-5-9(10(13)14-4)8-11-6-7-12(2)3/h9,11H,5-8H2,1-4H3.